The van der Waals surface area contributed by atoms with E-state index in [4.69, 9.17) is 17.0 Å². The minimum atomic E-state index is -0.0561. The van der Waals surface area contributed by atoms with Crippen LogP contribution < -0.4 is 15.0 Å². The quantitative estimate of drug-likeness (QED) is 0.622. The molecule has 1 aliphatic heterocycles. The fraction of sp³-hybridized carbons (Fsp3) is 0.304. The Bertz CT molecular complexity index is 1030. The number of para-hydroxylation sites is 2. The predicted octanol–water partition coefficient (Wildman–Crippen LogP) is 4.71. The van der Waals surface area contributed by atoms with Gasteiger partial charge in [-0.3, -0.25) is 4.98 Å². The third kappa shape index (κ3) is 3.27. The molecule has 0 aliphatic carbocycles. The van der Waals surface area contributed by atoms with Crippen LogP contribution in [-0.2, 0) is 6.54 Å². The molecule has 29 heavy (non-hydrogen) atoms. The van der Waals surface area contributed by atoms with Gasteiger partial charge < -0.3 is 19.5 Å². The Morgan fingerprint density at radius 1 is 1.14 bits per heavy atom. The van der Waals surface area contributed by atoms with Gasteiger partial charge in [0.2, 0.25) is 0 Å². The Kier molecular flexibility index (Phi) is 5.28. The highest BCUT2D eigenvalue weighted by Gasteiger charge is 2.43. The van der Waals surface area contributed by atoms with Crippen LogP contribution in [0.3, 0.4) is 0 Å². The lowest BCUT2D eigenvalue weighted by atomic mass is 9.96. The van der Waals surface area contributed by atoms with E-state index in [1.807, 2.05) is 36.5 Å². The maximum Gasteiger partial charge on any atom is 0.174 e. The second-order valence-corrected chi connectivity index (χ2v) is 7.63. The zero-order chi connectivity index (χ0) is 20.5. The lowest BCUT2D eigenvalue weighted by molar-refractivity contribution is 0.414. The largest absolute Gasteiger partial charge is 0.495 e. The van der Waals surface area contributed by atoms with Crippen molar-refractivity contribution >= 4 is 23.0 Å². The first-order valence-corrected chi connectivity index (χ1v) is 10.3. The fourth-order valence-electron chi connectivity index (χ4n) is 4.37. The molecule has 0 radical (unpaired) electrons. The molecule has 0 amide bonds. The maximum absolute atomic E-state index is 5.82. The molecule has 1 saturated heterocycles. The number of ether oxygens (including phenoxy) is 1. The van der Waals surface area contributed by atoms with Gasteiger partial charge in [-0.25, -0.2) is 0 Å². The van der Waals surface area contributed by atoms with Gasteiger partial charge in [0, 0.05) is 24.1 Å². The van der Waals surface area contributed by atoms with E-state index in [1.54, 1.807) is 7.11 Å². The molecule has 2 atom stereocenters. The highest BCUT2D eigenvalue weighted by molar-refractivity contribution is 7.80. The highest BCUT2D eigenvalue weighted by atomic mass is 32.1. The van der Waals surface area contributed by atoms with Crippen LogP contribution in [0, 0.1) is 13.8 Å². The van der Waals surface area contributed by atoms with Crippen molar-refractivity contribution in [3.8, 4) is 5.75 Å². The average Bonchev–Trinajstić information content (AvgIpc) is 3.23. The summed E-state index contributed by atoms with van der Waals surface area (Å²) in [5.41, 5.74) is 5.67. The monoisotopic (exact) mass is 406 g/mol. The van der Waals surface area contributed by atoms with Gasteiger partial charge in [-0.05, 0) is 68.9 Å². The van der Waals surface area contributed by atoms with Gasteiger partial charge in [-0.15, -0.1) is 0 Å². The van der Waals surface area contributed by atoms with Gasteiger partial charge >= 0.3 is 0 Å². The molecule has 5 nitrogen and oxygen atoms in total. The molecule has 0 unspecified atom stereocenters. The predicted molar refractivity (Wildman–Crippen MR) is 121 cm³/mol. The molecule has 6 heteroatoms. The van der Waals surface area contributed by atoms with Crippen LogP contribution in [0.5, 0.6) is 5.75 Å². The van der Waals surface area contributed by atoms with Crippen LogP contribution in [0.2, 0.25) is 0 Å². The van der Waals surface area contributed by atoms with Crippen molar-refractivity contribution in [1.82, 2.24) is 14.9 Å². The summed E-state index contributed by atoms with van der Waals surface area (Å²) < 4.78 is 8.00. The number of thiocarbonyl (C=S) groups is 1. The minimum Gasteiger partial charge on any atom is -0.495 e. The van der Waals surface area contributed by atoms with E-state index in [0.29, 0.717) is 5.11 Å². The summed E-state index contributed by atoms with van der Waals surface area (Å²) >= 11 is 5.82. The Morgan fingerprint density at radius 3 is 2.55 bits per heavy atom. The maximum atomic E-state index is 5.82. The van der Waals surface area contributed by atoms with Crippen LogP contribution in [0.15, 0.2) is 54.7 Å². The van der Waals surface area contributed by atoms with E-state index in [2.05, 4.69) is 58.7 Å². The van der Waals surface area contributed by atoms with Crippen molar-refractivity contribution in [2.45, 2.75) is 39.4 Å². The number of aromatic nitrogens is 2. The van der Waals surface area contributed by atoms with Crippen LogP contribution in [0.4, 0.5) is 5.69 Å². The average molecular weight is 407 g/mol. The van der Waals surface area contributed by atoms with Gasteiger partial charge in [0.05, 0.1) is 30.6 Å². The van der Waals surface area contributed by atoms with Gasteiger partial charge in [0.15, 0.2) is 5.11 Å². The van der Waals surface area contributed by atoms with Crippen molar-refractivity contribution < 1.29 is 4.74 Å². The number of nitrogens with one attached hydrogen (secondary N) is 1. The van der Waals surface area contributed by atoms with Gasteiger partial charge in [-0.2, -0.15) is 0 Å². The third-order valence-corrected chi connectivity index (χ3v) is 6.01. The Hall–Kier alpha value is -2.86. The number of nitrogens with zero attached hydrogens (tertiary/aromatic N) is 3. The standard InChI is InChI=1S/C23H26N4OS/c1-5-26-15(2)14-17(16(26)3)22-21(18-10-8-9-13-24-18)25-23(29)27(22)19-11-6-7-12-20(19)28-4/h6-14,21-22H,5H2,1-4H3,(H,25,29)/t21-,22-/m1/s1. The second kappa shape index (κ2) is 7.87. The number of anilines is 1. The number of hydrogen-bond acceptors (Lipinski definition) is 3. The smallest absolute Gasteiger partial charge is 0.174 e. The van der Waals surface area contributed by atoms with Crippen LogP contribution in [-0.4, -0.2) is 21.8 Å². The van der Waals surface area contributed by atoms with Gasteiger partial charge in [0.25, 0.3) is 0 Å². The number of rotatable bonds is 5. The lowest BCUT2D eigenvalue weighted by Gasteiger charge is -2.29. The number of aryl methyl sites for hydroxylation is 1. The van der Waals surface area contributed by atoms with E-state index >= 15 is 0 Å². The Morgan fingerprint density at radius 2 is 1.90 bits per heavy atom. The Balaban J connectivity index is 1.91. The summed E-state index contributed by atoms with van der Waals surface area (Å²) in [7, 11) is 1.69. The van der Waals surface area contributed by atoms with Crippen LogP contribution >= 0.6 is 12.2 Å². The molecule has 0 saturated carbocycles. The summed E-state index contributed by atoms with van der Waals surface area (Å²) in [6.45, 7) is 7.45. The van der Waals surface area contributed by atoms with Crippen molar-refractivity contribution in [2.24, 2.45) is 0 Å². The molecular weight excluding hydrogens is 380 g/mol. The molecule has 3 aromatic rings. The molecule has 3 heterocycles. The van der Waals surface area contributed by atoms with Gasteiger partial charge in [0.1, 0.15) is 5.75 Å². The first kappa shape index (κ1) is 19.5. The first-order chi connectivity index (χ1) is 14.1. The van der Waals surface area contributed by atoms with E-state index < -0.39 is 0 Å². The highest BCUT2D eigenvalue weighted by Crippen LogP contribution is 2.45. The summed E-state index contributed by atoms with van der Waals surface area (Å²) in [5, 5.41) is 4.20. The summed E-state index contributed by atoms with van der Waals surface area (Å²) in [6, 6.07) is 16.2. The van der Waals surface area contributed by atoms with Gasteiger partial charge in [-0.1, -0.05) is 18.2 Å². The molecule has 2 aromatic heterocycles. The molecular formula is C23H26N4OS. The number of hydrogen-bond donors (Lipinski definition) is 1. The lowest BCUT2D eigenvalue weighted by Crippen LogP contribution is -2.30. The van der Waals surface area contributed by atoms with Crippen LogP contribution in [0.1, 0.15) is 41.7 Å². The molecule has 150 valence electrons. The summed E-state index contributed by atoms with van der Waals surface area (Å²) in [4.78, 5) is 6.81. The van der Waals surface area contributed by atoms with Crippen molar-refractivity contribution in [3.63, 3.8) is 0 Å². The van der Waals surface area contributed by atoms with Crippen molar-refractivity contribution in [3.05, 3.63) is 77.4 Å². The van der Waals surface area contributed by atoms with E-state index in [-0.39, 0.29) is 12.1 Å². The second-order valence-electron chi connectivity index (χ2n) is 7.24. The molecule has 0 bridgehead atoms. The molecule has 1 aliphatic rings. The number of benzene rings is 1. The molecule has 1 aromatic carbocycles. The van der Waals surface area contributed by atoms with E-state index in [9.17, 15) is 0 Å². The SMILES string of the molecule is CCn1c(C)cc([C@@H]2[C@@H](c3ccccn3)NC(=S)N2c2ccccc2OC)c1C. The minimum absolute atomic E-state index is 0.0276. The third-order valence-electron chi connectivity index (χ3n) is 5.69. The summed E-state index contributed by atoms with van der Waals surface area (Å²) in [6.07, 6.45) is 1.83. The summed E-state index contributed by atoms with van der Waals surface area (Å²) in [5.74, 6) is 0.799. The molecule has 4 rings (SSSR count). The zero-order valence-corrected chi connectivity index (χ0v) is 18.0. The van der Waals surface area contributed by atoms with E-state index in [0.717, 1.165) is 23.7 Å². The molecule has 0 spiro atoms. The van der Waals surface area contributed by atoms with Crippen molar-refractivity contribution in [2.75, 3.05) is 12.0 Å². The fourth-order valence-corrected chi connectivity index (χ4v) is 4.71. The first-order valence-electron chi connectivity index (χ1n) is 9.87. The van der Waals surface area contributed by atoms with Crippen molar-refractivity contribution in [1.29, 1.82) is 0 Å². The zero-order valence-electron chi connectivity index (χ0n) is 17.2. The molecule has 1 N–H and O–H groups in total. The van der Waals surface area contributed by atoms with E-state index in [1.165, 1.54) is 17.0 Å². The number of methoxy groups -OCH3 is 1. The normalized spacial score (nSPS) is 18.8. The number of pyridine rings is 1. The van der Waals surface area contributed by atoms with Crippen LogP contribution in [0.25, 0.3) is 0 Å². The Labute approximate surface area is 177 Å². The topological polar surface area (TPSA) is 42.3 Å². The molecule has 1 fully saturated rings.